The van der Waals surface area contributed by atoms with E-state index < -0.39 is 10.0 Å². The molecule has 2 aromatic rings. The van der Waals surface area contributed by atoms with Gasteiger partial charge in [0.2, 0.25) is 0 Å². The van der Waals surface area contributed by atoms with Gasteiger partial charge >= 0.3 is 0 Å². The lowest BCUT2D eigenvalue weighted by atomic mass is 10.0. The minimum atomic E-state index is -3.85. The number of rotatable bonds is 9. The molecule has 1 aliphatic heterocycles. The summed E-state index contributed by atoms with van der Waals surface area (Å²) in [6, 6.07) is 11.0. The van der Waals surface area contributed by atoms with Gasteiger partial charge in [0.1, 0.15) is 13.2 Å². The first-order chi connectivity index (χ1) is 14.7. The molecule has 0 radical (unpaired) electrons. The summed E-state index contributed by atoms with van der Waals surface area (Å²) in [5.74, 6) is 1.33. The number of carbonyl (C=O) groups is 1. The Morgan fingerprint density at radius 2 is 1.74 bits per heavy atom. The molecular formula is C23H30N2O5S. The molecule has 1 aliphatic rings. The van der Waals surface area contributed by atoms with Crippen LogP contribution < -0.4 is 19.5 Å². The van der Waals surface area contributed by atoms with Gasteiger partial charge in [-0.05, 0) is 49.6 Å². The molecule has 0 bridgehead atoms. The molecular weight excluding hydrogens is 416 g/mol. The van der Waals surface area contributed by atoms with Gasteiger partial charge in [-0.3, -0.25) is 9.52 Å². The molecule has 8 heteroatoms. The van der Waals surface area contributed by atoms with Crippen molar-refractivity contribution in [3.05, 3.63) is 48.0 Å². The number of hydrogen-bond donors (Lipinski definition) is 2. The fourth-order valence-corrected chi connectivity index (χ4v) is 4.40. The van der Waals surface area contributed by atoms with Crippen LogP contribution in [-0.2, 0) is 10.0 Å². The maximum atomic E-state index is 12.8. The van der Waals surface area contributed by atoms with Crippen molar-refractivity contribution in [2.24, 2.45) is 5.92 Å². The van der Waals surface area contributed by atoms with Crippen LogP contribution in [0.1, 0.15) is 50.4 Å². The third-order valence-corrected chi connectivity index (χ3v) is 6.38. The largest absolute Gasteiger partial charge is 0.486 e. The van der Waals surface area contributed by atoms with Crippen molar-refractivity contribution in [3.63, 3.8) is 0 Å². The van der Waals surface area contributed by atoms with Gasteiger partial charge in [0.25, 0.3) is 15.9 Å². The van der Waals surface area contributed by atoms with E-state index in [0.717, 1.165) is 19.3 Å². The van der Waals surface area contributed by atoms with Crippen LogP contribution in [0.2, 0.25) is 0 Å². The summed E-state index contributed by atoms with van der Waals surface area (Å²) in [4.78, 5) is 12.6. The summed E-state index contributed by atoms with van der Waals surface area (Å²) in [5, 5.41) is 2.98. The van der Waals surface area contributed by atoms with Crippen LogP contribution in [-0.4, -0.2) is 33.6 Å². The molecule has 0 spiro atoms. The molecule has 2 aromatic carbocycles. The van der Waals surface area contributed by atoms with E-state index in [4.69, 9.17) is 9.47 Å². The minimum Gasteiger partial charge on any atom is -0.486 e. The molecule has 1 heterocycles. The van der Waals surface area contributed by atoms with Crippen molar-refractivity contribution in [2.45, 2.75) is 51.0 Å². The number of hydrogen-bond acceptors (Lipinski definition) is 5. The molecule has 168 valence electrons. The van der Waals surface area contributed by atoms with Gasteiger partial charge in [-0.25, -0.2) is 8.42 Å². The molecule has 31 heavy (non-hydrogen) atoms. The molecule has 0 saturated heterocycles. The maximum Gasteiger partial charge on any atom is 0.262 e. The lowest BCUT2D eigenvalue weighted by Crippen LogP contribution is -2.32. The number of fused-ring (bicyclic) bond motifs is 1. The van der Waals surface area contributed by atoms with Gasteiger partial charge in [0.05, 0.1) is 4.90 Å². The van der Waals surface area contributed by atoms with Gasteiger partial charge in [-0.2, -0.15) is 0 Å². The third-order valence-electron chi connectivity index (χ3n) is 5.00. The highest BCUT2D eigenvalue weighted by Gasteiger charge is 2.20. The maximum absolute atomic E-state index is 12.8. The van der Waals surface area contributed by atoms with E-state index in [1.54, 1.807) is 24.3 Å². The van der Waals surface area contributed by atoms with Crippen LogP contribution in [0.5, 0.6) is 11.5 Å². The molecule has 1 unspecified atom stereocenters. The van der Waals surface area contributed by atoms with Crippen LogP contribution in [0.15, 0.2) is 47.4 Å². The van der Waals surface area contributed by atoms with Gasteiger partial charge in [-0.15, -0.1) is 0 Å². The van der Waals surface area contributed by atoms with E-state index in [2.05, 4.69) is 23.9 Å². The highest BCUT2D eigenvalue weighted by Crippen LogP contribution is 2.32. The van der Waals surface area contributed by atoms with E-state index in [1.165, 1.54) is 18.2 Å². The van der Waals surface area contributed by atoms with E-state index in [-0.39, 0.29) is 16.8 Å². The average molecular weight is 447 g/mol. The monoisotopic (exact) mass is 446 g/mol. The summed E-state index contributed by atoms with van der Waals surface area (Å²) < 4.78 is 39.1. The zero-order chi connectivity index (χ0) is 22.4. The molecule has 7 nitrogen and oxygen atoms in total. The Bertz CT molecular complexity index is 1020. The fourth-order valence-electron chi connectivity index (χ4n) is 3.34. The Hall–Kier alpha value is -2.74. The van der Waals surface area contributed by atoms with Crippen LogP contribution in [0.25, 0.3) is 0 Å². The minimum absolute atomic E-state index is 0.0457. The van der Waals surface area contributed by atoms with Crippen LogP contribution in [0.3, 0.4) is 0 Å². The lowest BCUT2D eigenvalue weighted by Gasteiger charge is -2.19. The standard InChI is InChI=1S/C23H30N2O5S/c1-16(2)6-4-7-17(3)24-23(26)18-8-5-9-19(14-18)25-31(27,28)20-10-11-21-22(15-20)30-13-12-29-21/h5,8-11,14-17,25H,4,6-7,12-13H2,1-3H3,(H,24,26). The smallest absolute Gasteiger partial charge is 0.262 e. The number of ether oxygens (including phenoxy) is 2. The Labute approximate surface area is 184 Å². The third kappa shape index (κ3) is 6.37. The topological polar surface area (TPSA) is 93.7 Å². The molecule has 0 aliphatic carbocycles. The Balaban J connectivity index is 1.66. The molecule has 3 rings (SSSR count). The van der Waals surface area contributed by atoms with Crippen molar-refractivity contribution in [2.75, 3.05) is 17.9 Å². The second kappa shape index (κ2) is 10.0. The highest BCUT2D eigenvalue weighted by atomic mass is 32.2. The first-order valence-electron chi connectivity index (χ1n) is 10.6. The summed E-state index contributed by atoms with van der Waals surface area (Å²) in [5.41, 5.74) is 0.716. The van der Waals surface area contributed by atoms with Crippen molar-refractivity contribution < 1.29 is 22.7 Å². The van der Waals surface area contributed by atoms with Gasteiger partial charge in [-0.1, -0.05) is 32.8 Å². The Morgan fingerprint density at radius 3 is 2.48 bits per heavy atom. The fraction of sp³-hybridized carbons (Fsp3) is 0.435. The van der Waals surface area contributed by atoms with E-state index in [0.29, 0.717) is 41.9 Å². The predicted molar refractivity (Wildman–Crippen MR) is 120 cm³/mol. The molecule has 0 saturated carbocycles. The molecule has 1 atom stereocenters. The summed E-state index contributed by atoms with van der Waals surface area (Å²) >= 11 is 0. The van der Waals surface area contributed by atoms with Gasteiger partial charge in [0, 0.05) is 23.4 Å². The van der Waals surface area contributed by atoms with E-state index in [9.17, 15) is 13.2 Å². The van der Waals surface area contributed by atoms with Gasteiger partial charge < -0.3 is 14.8 Å². The SMILES string of the molecule is CC(C)CCCC(C)NC(=O)c1cccc(NS(=O)(=O)c2ccc3c(c2)OCCO3)c1. The molecule has 1 amide bonds. The van der Waals surface area contributed by atoms with Crippen molar-refractivity contribution >= 4 is 21.6 Å². The number of carbonyl (C=O) groups excluding carboxylic acids is 1. The average Bonchev–Trinajstić information content (AvgIpc) is 2.73. The Morgan fingerprint density at radius 1 is 1.00 bits per heavy atom. The Kier molecular flexibility index (Phi) is 7.43. The van der Waals surface area contributed by atoms with Crippen molar-refractivity contribution in [3.8, 4) is 11.5 Å². The molecule has 0 aromatic heterocycles. The summed E-state index contributed by atoms with van der Waals surface area (Å²) in [7, 11) is -3.85. The lowest BCUT2D eigenvalue weighted by molar-refractivity contribution is 0.0938. The number of nitrogens with one attached hydrogen (secondary N) is 2. The second-order valence-electron chi connectivity index (χ2n) is 8.19. The van der Waals surface area contributed by atoms with Crippen molar-refractivity contribution in [1.82, 2.24) is 5.32 Å². The number of benzene rings is 2. The van der Waals surface area contributed by atoms with Crippen molar-refractivity contribution in [1.29, 1.82) is 0 Å². The van der Waals surface area contributed by atoms with E-state index in [1.807, 2.05) is 6.92 Å². The number of anilines is 1. The quantitative estimate of drug-likeness (QED) is 0.602. The zero-order valence-corrected chi connectivity index (χ0v) is 19.0. The highest BCUT2D eigenvalue weighted by molar-refractivity contribution is 7.92. The first kappa shape index (κ1) is 22.9. The summed E-state index contributed by atoms with van der Waals surface area (Å²) in [6.07, 6.45) is 3.08. The first-order valence-corrected chi connectivity index (χ1v) is 12.1. The van der Waals surface area contributed by atoms with Crippen LogP contribution in [0, 0.1) is 5.92 Å². The normalized spacial score (nSPS) is 14.2. The number of sulfonamides is 1. The van der Waals surface area contributed by atoms with Crippen LogP contribution >= 0.6 is 0 Å². The summed E-state index contributed by atoms with van der Waals surface area (Å²) in [6.45, 7) is 7.15. The second-order valence-corrected chi connectivity index (χ2v) is 9.87. The number of amides is 1. The van der Waals surface area contributed by atoms with E-state index >= 15 is 0 Å². The van der Waals surface area contributed by atoms with Crippen LogP contribution in [0.4, 0.5) is 5.69 Å². The zero-order valence-electron chi connectivity index (χ0n) is 18.2. The molecule has 0 fully saturated rings. The predicted octanol–water partition coefficient (Wildman–Crippen LogP) is 4.20. The van der Waals surface area contributed by atoms with Gasteiger partial charge in [0.15, 0.2) is 11.5 Å². The molecule has 2 N–H and O–H groups in total.